The van der Waals surface area contributed by atoms with Crippen molar-refractivity contribution >= 4 is 17.5 Å². The smallest absolute Gasteiger partial charge is 0.254 e. The number of amides is 1. The van der Waals surface area contributed by atoms with Crippen molar-refractivity contribution in [1.29, 1.82) is 0 Å². The molecule has 0 saturated carbocycles. The van der Waals surface area contributed by atoms with E-state index < -0.39 is 0 Å². The molecule has 0 saturated heterocycles. The molecule has 4 rings (SSSR count). The second kappa shape index (κ2) is 11.0. The average Bonchev–Trinajstić information content (AvgIpc) is 3.35. The molecular formula is C27H26ClN3O3. The third kappa shape index (κ3) is 5.64. The summed E-state index contributed by atoms with van der Waals surface area (Å²) in [4.78, 5) is 19.7. The van der Waals surface area contributed by atoms with E-state index in [2.05, 4.69) is 10.1 Å². The summed E-state index contributed by atoms with van der Waals surface area (Å²) in [6.07, 6.45) is 0.786. The first-order valence-electron chi connectivity index (χ1n) is 11.2. The van der Waals surface area contributed by atoms with Gasteiger partial charge in [-0.15, -0.1) is 0 Å². The molecule has 0 spiro atoms. The van der Waals surface area contributed by atoms with Gasteiger partial charge in [-0.1, -0.05) is 78.3 Å². The lowest BCUT2D eigenvalue weighted by Crippen LogP contribution is -2.37. The predicted molar refractivity (Wildman–Crippen MR) is 132 cm³/mol. The Morgan fingerprint density at radius 1 is 1.06 bits per heavy atom. The molecule has 1 unspecified atom stereocenters. The van der Waals surface area contributed by atoms with Gasteiger partial charge in [0, 0.05) is 27.8 Å². The highest BCUT2D eigenvalue weighted by Gasteiger charge is 2.24. The second-order valence-electron chi connectivity index (χ2n) is 7.98. The zero-order valence-electron chi connectivity index (χ0n) is 19.1. The summed E-state index contributed by atoms with van der Waals surface area (Å²) >= 11 is 6.22. The number of hydrogen-bond acceptors (Lipinski definition) is 5. The number of carbonyl (C=O) groups is 1. The molecule has 6 nitrogen and oxygen atoms in total. The summed E-state index contributed by atoms with van der Waals surface area (Å²) < 4.78 is 11.4. The average molecular weight is 476 g/mol. The van der Waals surface area contributed by atoms with Crippen LogP contribution < -0.4 is 4.74 Å². The van der Waals surface area contributed by atoms with Gasteiger partial charge in [-0.2, -0.15) is 4.98 Å². The summed E-state index contributed by atoms with van der Waals surface area (Å²) in [5, 5.41) is 4.72. The number of ether oxygens (including phenoxy) is 1. The van der Waals surface area contributed by atoms with Crippen molar-refractivity contribution in [2.24, 2.45) is 0 Å². The maximum atomic E-state index is 13.5. The maximum Gasteiger partial charge on any atom is 0.254 e. The lowest BCUT2D eigenvalue weighted by Gasteiger charge is -2.27. The quantitative estimate of drug-likeness (QED) is 0.280. The molecule has 0 aliphatic heterocycles. The number of hydrogen-bond donors (Lipinski definition) is 0. The number of nitrogens with zero attached hydrogens (tertiary/aromatic N) is 3. The Balaban J connectivity index is 1.50. The van der Waals surface area contributed by atoms with E-state index in [9.17, 15) is 4.79 Å². The van der Waals surface area contributed by atoms with Crippen molar-refractivity contribution < 1.29 is 14.1 Å². The number of carbonyl (C=O) groups excluding carboxylic acids is 1. The van der Waals surface area contributed by atoms with Gasteiger partial charge in [-0.05, 0) is 37.6 Å². The molecule has 1 heterocycles. The van der Waals surface area contributed by atoms with Crippen LogP contribution in [0.4, 0.5) is 0 Å². The van der Waals surface area contributed by atoms with Crippen LogP contribution in [-0.2, 0) is 13.2 Å². The molecule has 0 fully saturated rings. The Labute approximate surface area is 204 Å². The molecule has 0 aliphatic rings. The minimum Gasteiger partial charge on any atom is -0.489 e. The number of halogens is 1. The lowest BCUT2D eigenvalue weighted by atomic mass is 10.1. The molecule has 4 aromatic rings. The van der Waals surface area contributed by atoms with Crippen molar-refractivity contribution in [2.75, 3.05) is 0 Å². The lowest BCUT2D eigenvalue weighted by molar-refractivity contribution is 0.0646. The van der Waals surface area contributed by atoms with Crippen LogP contribution in [0.2, 0.25) is 5.02 Å². The standard InChI is InChI=1S/C27H26ClN3O3/c1-3-19(2)31(17-25-29-26(30-34-25)20-10-5-4-6-11-20)27(32)21-13-9-14-23(16-21)33-18-22-12-7-8-15-24(22)28/h4-16,19H,3,17-18H2,1-2H3. The number of aromatic nitrogens is 2. The van der Waals surface area contributed by atoms with Crippen molar-refractivity contribution in [2.45, 2.75) is 39.5 Å². The fourth-order valence-corrected chi connectivity index (χ4v) is 3.67. The first-order valence-corrected chi connectivity index (χ1v) is 11.6. The predicted octanol–water partition coefficient (Wildman–Crippen LogP) is 6.41. The molecule has 1 aromatic heterocycles. The van der Waals surface area contributed by atoms with Crippen LogP contribution in [0.3, 0.4) is 0 Å². The van der Waals surface area contributed by atoms with Gasteiger partial charge in [0.1, 0.15) is 18.9 Å². The third-order valence-electron chi connectivity index (χ3n) is 5.62. The molecule has 1 atom stereocenters. The van der Waals surface area contributed by atoms with E-state index in [1.165, 1.54) is 0 Å². The largest absolute Gasteiger partial charge is 0.489 e. The van der Waals surface area contributed by atoms with Crippen LogP contribution in [0.1, 0.15) is 42.1 Å². The molecule has 0 bridgehead atoms. The minimum atomic E-state index is -0.128. The van der Waals surface area contributed by atoms with Crippen molar-refractivity contribution in [3.05, 3.63) is 101 Å². The third-order valence-corrected chi connectivity index (χ3v) is 5.99. The van der Waals surface area contributed by atoms with Gasteiger partial charge < -0.3 is 14.2 Å². The molecule has 0 aliphatic carbocycles. The molecule has 0 N–H and O–H groups in total. The van der Waals surface area contributed by atoms with Gasteiger partial charge in [-0.3, -0.25) is 4.79 Å². The Kier molecular flexibility index (Phi) is 7.60. The van der Waals surface area contributed by atoms with Crippen LogP contribution >= 0.6 is 11.6 Å². The van der Waals surface area contributed by atoms with Crippen LogP contribution in [0, 0.1) is 0 Å². The highest BCUT2D eigenvalue weighted by atomic mass is 35.5. The zero-order chi connectivity index (χ0) is 23.9. The van der Waals surface area contributed by atoms with Crippen molar-refractivity contribution in [1.82, 2.24) is 15.0 Å². The van der Waals surface area contributed by atoms with Gasteiger partial charge in [0.15, 0.2) is 0 Å². The summed E-state index contributed by atoms with van der Waals surface area (Å²) in [6.45, 7) is 4.58. The second-order valence-corrected chi connectivity index (χ2v) is 8.38. The van der Waals surface area contributed by atoms with E-state index in [-0.39, 0.29) is 18.5 Å². The minimum absolute atomic E-state index is 0.0210. The fourth-order valence-electron chi connectivity index (χ4n) is 3.48. The molecule has 0 radical (unpaired) electrons. The first kappa shape index (κ1) is 23.5. The molecule has 7 heteroatoms. The molecule has 1 amide bonds. The van der Waals surface area contributed by atoms with E-state index in [1.54, 1.807) is 17.0 Å². The van der Waals surface area contributed by atoms with Gasteiger partial charge in [-0.25, -0.2) is 0 Å². The Morgan fingerprint density at radius 2 is 1.82 bits per heavy atom. The van der Waals surface area contributed by atoms with Gasteiger partial charge in [0.2, 0.25) is 11.7 Å². The van der Waals surface area contributed by atoms with E-state index in [1.807, 2.05) is 80.6 Å². The van der Waals surface area contributed by atoms with Gasteiger partial charge in [0.05, 0.1) is 0 Å². The summed E-state index contributed by atoms with van der Waals surface area (Å²) in [5.41, 5.74) is 2.27. The van der Waals surface area contributed by atoms with Crippen molar-refractivity contribution in [3.8, 4) is 17.1 Å². The van der Waals surface area contributed by atoms with E-state index in [0.717, 1.165) is 17.5 Å². The van der Waals surface area contributed by atoms with Crippen LogP contribution in [-0.4, -0.2) is 27.0 Å². The van der Waals surface area contributed by atoms with Crippen LogP contribution in [0.25, 0.3) is 11.4 Å². The van der Waals surface area contributed by atoms with Crippen molar-refractivity contribution in [3.63, 3.8) is 0 Å². The monoisotopic (exact) mass is 475 g/mol. The Hall–Kier alpha value is -3.64. The van der Waals surface area contributed by atoms with Crippen LogP contribution in [0.5, 0.6) is 5.75 Å². The van der Waals surface area contributed by atoms with Crippen LogP contribution in [0.15, 0.2) is 83.4 Å². The number of benzene rings is 3. The summed E-state index contributed by atoms with van der Waals surface area (Å²) in [5.74, 6) is 1.36. The fraction of sp³-hybridized carbons (Fsp3) is 0.222. The van der Waals surface area contributed by atoms with E-state index in [0.29, 0.717) is 34.7 Å². The SMILES string of the molecule is CCC(C)N(Cc1nc(-c2ccccc2)no1)C(=O)c1cccc(OCc2ccccc2Cl)c1. The zero-order valence-corrected chi connectivity index (χ0v) is 19.9. The topological polar surface area (TPSA) is 68.5 Å². The highest BCUT2D eigenvalue weighted by molar-refractivity contribution is 6.31. The normalized spacial score (nSPS) is 11.7. The Morgan fingerprint density at radius 3 is 2.59 bits per heavy atom. The van der Waals surface area contributed by atoms with Gasteiger partial charge in [0.25, 0.3) is 5.91 Å². The summed E-state index contributed by atoms with van der Waals surface area (Å²) in [6, 6.07) is 24.3. The van der Waals surface area contributed by atoms with E-state index >= 15 is 0 Å². The van der Waals surface area contributed by atoms with E-state index in [4.69, 9.17) is 20.9 Å². The Bertz CT molecular complexity index is 1240. The highest BCUT2D eigenvalue weighted by Crippen LogP contribution is 2.22. The van der Waals surface area contributed by atoms with Gasteiger partial charge >= 0.3 is 0 Å². The molecule has 3 aromatic carbocycles. The maximum absolute atomic E-state index is 13.5. The molecular weight excluding hydrogens is 450 g/mol. The summed E-state index contributed by atoms with van der Waals surface area (Å²) in [7, 11) is 0. The first-order chi connectivity index (χ1) is 16.5. The molecule has 34 heavy (non-hydrogen) atoms. The number of rotatable bonds is 9. The molecule has 174 valence electrons.